The number of nitrogens with zero attached hydrogens (tertiary/aromatic N) is 3. The predicted octanol–water partition coefficient (Wildman–Crippen LogP) is 1.36. The van der Waals surface area contributed by atoms with Crippen LogP contribution in [-0.4, -0.2) is 59.1 Å². The minimum absolute atomic E-state index is 0.0610. The average Bonchev–Trinajstić information content (AvgIpc) is 3.02. The fourth-order valence-electron chi connectivity index (χ4n) is 3.05. The van der Waals surface area contributed by atoms with Crippen LogP contribution in [0.1, 0.15) is 22.0 Å². The van der Waals surface area contributed by atoms with Gasteiger partial charge in [0, 0.05) is 24.9 Å². The van der Waals surface area contributed by atoms with Crippen LogP contribution in [0.4, 0.5) is 4.79 Å². The number of carbonyl (C=O) groups is 2. The molecule has 7 heteroatoms. The quantitative estimate of drug-likeness (QED) is 0.827. The van der Waals surface area contributed by atoms with Crippen LogP contribution < -0.4 is 0 Å². The Morgan fingerprint density at radius 1 is 1.43 bits per heavy atom. The van der Waals surface area contributed by atoms with E-state index < -0.39 is 5.60 Å². The molecule has 0 aromatic carbocycles. The number of amides is 2. The summed E-state index contributed by atoms with van der Waals surface area (Å²) < 4.78 is 5.46. The van der Waals surface area contributed by atoms with Crippen LogP contribution in [0.3, 0.4) is 0 Å². The standard InChI is InChI=1S/C14H19N3O3S/c1-9-11(15-10(2)21-9)6-12(18)17-5-4-14(8-17)7-16(3)13(19)20-14/h4-8H2,1-3H3. The lowest BCUT2D eigenvalue weighted by molar-refractivity contribution is -0.130. The summed E-state index contributed by atoms with van der Waals surface area (Å²) >= 11 is 1.62. The Balaban J connectivity index is 1.65. The molecule has 1 atom stereocenters. The third kappa shape index (κ3) is 2.62. The summed E-state index contributed by atoms with van der Waals surface area (Å²) in [6, 6.07) is 0. The van der Waals surface area contributed by atoms with E-state index in [2.05, 4.69) is 4.98 Å². The lowest BCUT2D eigenvalue weighted by Crippen LogP contribution is -2.39. The van der Waals surface area contributed by atoms with Crippen LogP contribution in [0.2, 0.25) is 0 Å². The Hall–Kier alpha value is -1.63. The number of thiazole rings is 1. The van der Waals surface area contributed by atoms with Gasteiger partial charge in [-0.25, -0.2) is 9.78 Å². The minimum Gasteiger partial charge on any atom is -0.439 e. The second-order valence-electron chi connectivity index (χ2n) is 5.88. The van der Waals surface area contributed by atoms with Gasteiger partial charge < -0.3 is 14.5 Å². The molecule has 3 heterocycles. The van der Waals surface area contributed by atoms with Gasteiger partial charge in [-0.2, -0.15) is 0 Å². The van der Waals surface area contributed by atoms with Crippen molar-refractivity contribution in [2.75, 3.05) is 26.7 Å². The summed E-state index contributed by atoms with van der Waals surface area (Å²) in [5.74, 6) is 0.0610. The second-order valence-corrected chi connectivity index (χ2v) is 7.29. The molecule has 1 aromatic heterocycles. The first-order valence-corrected chi connectivity index (χ1v) is 7.85. The van der Waals surface area contributed by atoms with Gasteiger partial charge in [-0.3, -0.25) is 4.79 Å². The maximum atomic E-state index is 12.4. The minimum atomic E-state index is -0.505. The molecular weight excluding hydrogens is 290 g/mol. The molecule has 1 spiro atoms. The summed E-state index contributed by atoms with van der Waals surface area (Å²) in [6.07, 6.45) is 0.746. The van der Waals surface area contributed by atoms with Gasteiger partial charge in [0.05, 0.1) is 30.2 Å². The van der Waals surface area contributed by atoms with Gasteiger partial charge in [0.1, 0.15) is 0 Å². The van der Waals surface area contributed by atoms with Crippen LogP contribution in [0.25, 0.3) is 0 Å². The molecule has 2 aliphatic heterocycles. The van der Waals surface area contributed by atoms with Crippen LogP contribution >= 0.6 is 11.3 Å². The SMILES string of the molecule is Cc1nc(CC(=O)N2CCC3(CN(C)C(=O)O3)C2)c(C)s1. The number of hydrogen-bond acceptors (Lipinski definition) is 5. The van der Waals surface area contributed by atoms with E-state index in [1.54, 1.807) is 28.2 Å². The maximum absolute atomic E-state index is 12.4. The molecule has 0 aliphatic carbocycles. The normalized spacial score (nSPS) is 25.0. The van der Waals surface area contributed by atoms with Gasteiger partial charge in [0.25, 0.3) is 0 Å². The molecular formula is C14H19N3O3S. The van der Waals surface area contributed by atoms with E-state index in [1.165, 1.54) is 0 Å². The molecule has 0 bridgehead atoms. The Morgan fingerprint density at radius 2 is 2.19 bits per heavy atom. The van der Waals surface area contributed by atoms with Gasteiger partial charge in [0.15, 0.2) is 5.60 Å². The molecule has 3 rings (SSSR count). The van der Waals surface area contributed by atoms with Crippen LogP contribution in [0.15, 0.2) is 0 Å². The summed E-state index contributed by atoms with van der Waals surface area (Å²) in [6.45, 7) is 5.63. The van der Waals surface area contributed by atoms with Crippen molar-refractivity contribution in [2.45, 2.75) is 32.3 Å². The smallest absolute Gasteiger partial charge is 0.410 e. The van der Waals surface area contributed by atoms with Crippen molar-refractivity contribution >= 4 is 23.3 Å². The first-order chi connectivity index (χ1) is 9.88. The van der Waals surface area contributed by atoms with Crippen molar-refractivity contribution < 1.29 is 14.3 Å². The van der Waals surface area contributed by atoms with Crippen molar-refractivity contribution in [3.8, 4) is 0 Å². The monoisotopic (exact) mass is 309 g/mol. The van der Waals surface area contributed by atoms with Crippen molar-refractivity contribution in [1.29, 1.82) is 0 Å². The van der Waals surface area contributed by atoms with Gasteiger partial charge in [0.2, 0.25) is 5.91 Å². The van der Waals surface area contributed by atoms with E-state index in [9.17, 15) is 9.59 Å². The molecule has 0 radical (unpaired) electrons. The molecule has 0 N–H and O–H groups in total. The first-order valence-electron chi connectivity index (χ1n) is 7.03. The molecule has 6 nitrogen and oxygen atoms in total. The van der Waals surface area contributed by atoms with E-state index in [0.29, 0.717) is 32.5 Å². The number of ether oxygens (including phenoxy) is 1. The molecule has 1 aromatic rings. The molecule has 2 amide bonds. The Bertz CT molecular complexity index is 600. The number of carbonyl (C=O) groups excluding carboxylic acids is 2. The van der Waals surface area contributed by atoms with Gasteiger partial charge in [-0.1, -0.05) is 0 Å². The van der Waals surface area contributed by atoms with E-state index in [0.717, 1.165) is 15.6 Å². The van der Waals surface area contributed by atoms with Crippen molar-refractivity contribution in [3.63, 3.8) is 0 Å². The van der Waals surface area contributed by atoms with E-state index in [4.69, 9.17) is 4.74 Å². The third-order valence-electron chi connectivity index (χ3n) is 4.13. The molecule has 0 saturated carbocycles. The lowest BCUT2D eigenvalue weighted by Gasteiger charge is -2.21. The highest BCUT2D eigenvalue weighted by molar-refractivity contribution is 7.11. The summed E-state index contributed by atoms with van der Waals surface area (Å²) in [7, 11) is 1.73. The van der Waals surface area contributed by atoms with Gasteiger partial charge in [-0.15, -0.1) is 11.3 Å². The number of likely N-dealkylation sites (tertiary alicyclic amines) is 1. The third-order valence-corrected chi connectivity index (χ3v) is 5.06. The topological polar surface area (TPSA) is 62.7 Å². The van der Waals surface area contributed by atoms with Gasteiger partial charge >= 0.3 is 6.09 Å². The Morgan fingerprint density at radius 3 is 2.76 bits per heavy atom. The van der Waals surface area contributed by atoms with Crippen LogP contribution in [0.5, 0.6) is 0 Å². The van der Waals surface area contributed by atoms with Crippen LogP contribution in [0, 0.1) is 13.8 Å². The summed E-state index contributed by atoms with van der Waals surface area (Å²) in [4.78, 5) is 32.8. The largest absolute Gasteiger partial charge is 0.439 e. The van der Waals surface area contributed by atoms with E-state index in [-0.39, 0.29) is 12.0 Å². The van der Waals surface area contributed by atoms with Crippen molar-refractivity contribution in [3.05, 3.63) is 15.6 Å². The first kappa shape index (κ1) is 14.3. The molecule has 114 valence electrons. The zero-order valence-corrected chi connectivity index (χ0v) is 13.3. The van der Waals surface area contributed by atoms with Crippen molar-refractivity contribution in [2.24, 2.45) is 0 Å². The number of likely N-dealkylation sites (N-methyl/N-ethyl adjacent to an activating group) is 1. The maximum Gasteiger partial charge on any atom is 0.410 e. The van der Waals surface area contributed by atoms with E-state index in [1.807, 2.05) is 13.8 Å². The predicted molar refractivity (Wildman–Crippen MR) is 78.3 cm³/mol. The Labute approximate surface area is 127 Å². The van der Waals surface area contributed by atoms with Crippen molar-refractivity contribution in [1.82, 2.24) is 14.8 Å². The molecule has 2 saturated heterocycles. The lowest BCUT2D eigenvalue weighted by atomic mass is 10.0. The molecule has 21 heavy (non-hydrogen) atoms. The molecule has 2 aliphatic rings. The fourth-order valence-corrected chi connectivity index (χ4v) is 3.89. The Kier molecular flexibility index (Phi) is 3.39. The summed E-state index contributed by atoms with van der Waals surface area (Å²) in [5, 5.41) is 0.986. The van der Waals surface area contributed by atoms with Crippen LogP contribution in [-0.2, 0) is 16.0 Å². The highest BCUT2D eigenvalue weighted by Crippen LogP contribution is 2.32. The second kappa shape index (κ2) is 4.98. The molecule has 2 fully saturated rings. The molecule has 1 unspecified atom stereocenters. The highest BCUT2D eigenvalue weighted by atomic mass is 32.1. The zero-order valence-electron chi connectivity index (χ0n) is 12.5. The fraction of sp³-hybridized carbons (Fsp3) is 0.643. The number of aryl methyl sites for hydroxylation is 2. The van der Waals surface area contributed by atoms with Gasteiger partial charge in [-0.05, 0) is 13.8 Å². The number of aromatic nitrogens is 1. The van der Waals surface area contributed by atoms with E-state index >= 15 is 0 Å². The summed E-state index contributed by atoms with van der Waals surface area (Å²) in [5.41, 5.74) is 0.359. The highest BCUT2D eigenvalue weighted by Gasteiger charge is 2.49. The average molecular weight is 309 g/mol. The number of hydrogen-bond donors (Lipinski definition) is 0. The number of rotatable bonds is 2. The zero-order chi connectivity index (χ0) is 15.2.